The number of aryl methyl sites for hydroxylation is 1. The summed E-state index contributed by atoms with van der Waals surface area (Å²) in [6.07, 6.45) is 5.11. The predicted molar refractivity (Wildman–Crippen MR) is 96.6 cm³/mol. The van der Waals surface area contributed by atoms with Crippen molar-refractivity contribution in [2.45, 2.75) is 38.1 Å². The lowest BCUT2D eigenvalue weighted by atomic mass is 9.75. The van der Waals surface area contributed by atoms with Crippen LogP contribution in [0.2, 0.25) is 0 Å². The third kappa shape index (κ3) is 3.14. The van der Waals surface area contributed by atoms with Gasteiger partial charge in [0.25, 0.3) is 5.91 Å². The van der Waals surface area contributed by atoms with Crippen molar-refractivity contribution in [1.29, 1.82) is 0 Å². The molecule has 1 aromatic rings. The molecule has 4 rings (SSSR count). The van der Waals surface area contributed by atoms with Crippen LogP contribution in [0.5, 0.6) is 0 Å². The number of amides is 1. The summed E-state index contributed by atoms with van der Waals surface area (Å²) in [5.74, 6) is 1.71. The van der Waals surface area contributed by atoms with E-state index in [0.717, 1.165) is 49.2 Å². The second kappa shape index (κ2) is 6.43. The Morgan fingerprint density at radius 2 is 2.04 bits per heavy atom. The molecule has 0 aromatic carbocycles. The quantitative estimate of drug-likeness (QED) is 0.820. The molecule has 0 radical (unpaired) electrons. The fourth-order valence-corrected chi connectivity index (χ4v) is 5.04. The van der Waals surface area contributed by atoms with Crippen molar-refractivity contribution in [3.8, 4) is 0 Å². The molecule has 1 saturated carbocycles. The molecule has 5 heteroatoms. The van der Waals surface area contributed by atoms with Gasteiger partial charge in [-0.25, -0.2) is 0 Å². The van der Waals surface area contributed by atoms with Crippen LogP contribution < -0.4 is 0 Å². The van der Waals surface area contributed by atoms with Crippen LogP contribution in [-0.2, 0) is 4.74 Å². The van der Waals surface area contributed by atoms with Gasteiger partial charge >= 0.3 is 0 Å². The average molecular weight is 349 g/mol. The maximum atomic E-state index is 12.7. The van der Waals surface area contributed by atoms with E-state index in [1.165, 1.54) is 25.7 Å². The van der Waals surface area contributed by atoms with E-state index in [-0.39, 0.29) is 11.4 Å². The minimum Gasteiger partial charge on any atom is -0.381 e. The molecule has 24 heavy (non-hydrogen) atoms. The van der Waals surface area contributed by atoms with Gasteiger partial charge in [0.05, 0.1) is 10.4 Å². The van der Waals surface area contributed by atoms with Crippen molar-refractivity contribution >= 4 is 17.2 Å². The highest BCUT2D eigenvalue weighted by Gasteiger charge is 2.51. The highest BCUT2D eigenvalue weighted by atomic mass is 32.1. The highest BCUT2D eigenvalue weighted by molar-refractivity contribution is 7.12. The summed E-state index contributed by atoms with van der Waals surface area (Å²) < 4.78 is 5.95. The lowest BCUT2D eigenvalue weighted by Crippen LogP contribution is -2.72. The molecular weight excluding hydrogens is 320 g/mol. The molecule has 1 atom stereocenters. The van der Waals surface area contributed by atoms with Gasteiger partial charge in [0.15, 0.2) is 0 Å². The van der Waals surface area contributed by atoms with Gasteiger partial charge in [-0.1, -0.05) is 0 Å². The Balaban J connectivity index is 1.33. The summed E-state index contributed by atoms with van der Waals surface area (Å²) in [7, 11) is 2.22. The highest BCUT2D eigenvalue weighted by Crippen LogP contribution is 2.39. The molecule has 132 valence electrons. The molecule has 4 nitrogen and oxygen atoms in total. The first-order valence-corrected chi connectivity index (χ1v) is 10.1. The number of carbonyl (C=O) groups is 1. The van der Waals surface area contributed by atoms with Crippen molar-refractivity contribution in [1.82, 2.24) is 9.80 Å². The summed E-state index contributed by atoms with van der Waals surface area (Å²) >= 11 is 1.57. The first-order chi connectivity index (χ1) is 11.6. The van der Waals surface area contributed by atoms with Gasteiger partial charge in [-0.3, -0.25) is 9.69 Å². The molecule has 3 aliphatic rings. The largest absolute Gasteiger partial charge is 0.381 e. The van der Waals surface area contributed by atoms with E-state index >= 15 is 0 Å². The fraction of sp³-hybridized carbons (Fsp3) is 0.737. The number of carbonyl (C=O) groups excluding carboxylic acids is 1. The van der Waals surface area contributed by atoms with E-state index in [1.807, 2.05) is 23.3 Å². The molecule has 3 heterocycles. The molecule has 3 fully saturated rings. The number of hydrogen-bond acceptors (Lipinski definition) is 4. The second-order valence-corrected chi connectivity index (χ2v) is 9.00. The number of rotatable bonds is 5. The number of likely N-dealkylation sites (N-methyl/N-ethyl adjacent to an activating group) is 1. The Bertz CT molecular complexity index is 604. The van der Waals surface area contributed by atoms with Gasteiger partial charge in [0.1, 0.15) is 0 Å². The lowest BCUT2D eigenvalue weighted by Gasteiger charge is -2.58. The maximum absolute atomic E-state index is 12.7. The summed E-state index contributed by atoms with van der Waals surface area (Å²) in [5.41, 5.74) is 1.29. The Morgan fingerprint density at radius 1 is 1.29 bits per heavy atom. The van der Waals surface area contributed by atoms with Crippen molar-refractivity contribution < 1.29 is 9.53 Å². The van der Waals surface area contributed by atoms with Gasteiger partial charge in [-0.2, -0.15) is 0 Å². The van der Waals surface area contributed by atoms with E-state index in [9.17, 15) is 4.79 Å². The molecule has 2 aliphatic heterocycles. The smallest absolute Gasteiger partial charge is 0.264 e. The minimum atomic E-state index is 0.187. The summed E-state index contributed by atoms with van der Waals surface area (Å²) in [6, 6.07) is 2.04. The van der Waals surface area contributed by atoms with Gasteiger partial charge in [0.2, 0.25) is 0 Å². The van der Waals surface area contributed by atoms with E-state index in [0.29, 0.717) is 5.92 Å². The van der Waals surface area contributed by atoms with Crippen molar-refractivity contribution in [3.63, 3.8) is 0 Å². The van der Waals surface area contributed by atoms with Crippen LogP contribution in [0.4, 0.5) is 0 Å². The van der Waals surface area contributed by atoms with Gasteiger partial charge in [0, 0.05) is 26.3 Å². The van der Waals surface area contributed by atoms with Crippen LogP contribution >= 0.6 is 11.3 Å². The molecule has 0 N–H and O–H groups in total. The van der Waals surface area contributed by atoms with Crippen LogP contribution in [0.25, 0.3) is 0 Å². The van der Waals surface area contributed by atoms with Crippen molar-refractivity contribution in [3.05, 3.63) is 21.9 Å². The lowest BCUT2D eigenvalue weighted by molar-refractivity contribution is -0.0760. The third-order valence-corrected chi connectivity index (χ3v) is 7.07. The standard InChI is InChI=1S/C19H28N2O2S/c1-14-6-8-24-17(14)18(22)21-12-19(13-21)9-16(5-7-20(19)2)11-23-10-15-3-4-15/h6,8,15-16H,3-5,7,9-13H2,1-2H3/t16-/m0/s1. The number of likely N-dealkylation sites (tertiary alicyclic amines) is 2. The van der Waals surface area contributed by atoms with Crippen LogP contribution in [0.3, 0.4) is 0 Å². The summed E-state index contributed by atoms with van der Waals surface area (Å²) in [6.45, 7) is 6.76. The average Bonchev–Trinajstić information content (AvgIpc) is 3.25. The van der Waals surface area contributed by atoms with Gasteiger partial charge in [-0.15, -0.1) is 11.3 Å². The van der Waals surface area contributed by atoms with E-state index in [2.05, 4.69) is 11.9 Å². The zero-order valence-corrected chi connectivity index (χ0v) is 15.6. The topological polar surface area (TPSA) is 32.8 Å². The molecule has 1 aromatic heterocycles. The van der Waals surface area contributed by atoms with Crippen LogP contribution in [-0.4, -0.2) is 61.1 Å². The Hall–Kier alpha value is -0.910. The van der Waals surface area contributed by atoms with Crippen molar-refractivity contribution in [2.75, 3.05) is 39.9 Å². The Labute approximate surface area is 148 Å². The van der Waals surface area contributed by atoms with Crippen molar-refractivity contribution in [2.24, 2.45) is 11.8 Å². The Morgan fingerprint density at radius 3 is 2.71 bits per heavy atom. The SMILES string of the molecule is Cc1ccsc1C(=O)N1CC2(C[C@@H](COCC3CC3)CCN2C)C1. The van der Waals surface area contributed by atoms with E-state index in [4.69, 9.17) is 4.74 Å². The fourth-order valence-electron chi connectivity index (χ4n) is 4.15. The first kappa shape index (κ1) is 16.6. The normalized spacial score (nSPS) is 26.6. The van der Waals surface area contributed by atoms with Crippen LogP contribution in [0, 0.1) is 18.8 Å². The predicted octanol–water partition coefficient (Wildman–Crippen LogP) is 3.02. The second-order valence-electron chi connectivity index (χ2n) is 8.08. The third-order valence-electron chi connectivity index (χ3n) is 6.07. The molecule has 1 amide bonds. The number of ether oxygens (including phenoxy) is 1. The number of piperidine rings is 1. The summed E-state index contributed by atoms with van der Waals surface area (Å²) in [4.78, 5) is 18.1. The van der Waals surface area contributed by atoms with E-state index < -0.39 is 0 Å². The molecule has 0 unspecified atom stereocenters. The number of thiophene rings is 1. The molecule has 1 aliphatic carbocycles. The van der Waals surface area contributed by atoms with Gasteiger partial charge < -0.3 is 9.64 Å². The monoisotopic (exact) mass is 348 g/mol. The maximum Gasteiger partial charge on any atom is 0.264 e. The minimum absolute atomic E-state index is 0.187. The number of hydrogen-bond donors (Lipinski definition) is 0. The molecule has 2 saturated heterocycles. The molecule has 1 spiro atoms. The summed E-state index contributed by atoms with van der Waals surface area (Å²) in [5, 5.41) is 2.01. The molecular formula is C19H28N2O2S. The van der Waals surface area contributed by atoms with Gasteiger partial charge in [-0.05, 0) is 75.0 Å². The zero-order chi connectivity index (χ0) is 16.7. The number of nitrogens with zero attached hydrogens (tertiary/aromatic N) is 2. The first-order valence-electron chi connectivity index (χ1n) is 9.20. The molecule has 0 bridgehead atoms. The van der Waals surface area contributed by atoms with E-state index in [1.54, 1.807) is 11.3 Å². The van der Waals surface area contributed by atoms with Crippen LogP contribution in [0.15, 0.2) is 11.4 Å². The van der Waals surface area contributed by atoms with Crippen LogP contribution in [0.1, 0.15) is 40.9 Å². The Kier molecular flexibility index (Phi) is 4.43. The zero-order valence-electron chi connectivity index (χ0n) is 14.8.